The molecule has 0 fully saturated rings. The number of hydrogen-bond donors (Lipinski definition) is 0. The molecule has 0 aromatic heterocycles. The van der Waals surface area contributed by atoms with Gasteiger partial charge in [0.05, 0.1) is 6.61 Å². The van der Waals surface area contributed by atoms with Crippen molar-refractivity contribution in [1.82, 2.24) is 0 Å². The fourth-order valence-electron chi connectivity index (χ4n) is 0.436. The molecule has 0 rings (SSSR count). The molecule has 0 bridgehead atoms. The van der Waals surface area contributed by atoms with Crippen molar-refractivity contribution in [2.45, 2.75) is 13.1 Å². The summed E-state index contributed by atoms with van der Waals surface area (Å²) < 4.78 is 39.2. The van der Waals surface area contributed by atoms with Crippen LogP contribution in [-0.4, -0.2) is 25.2 Å². The molecule has 12 heavy (non-hydrogen) atoms. The minimum absolute atomic E-state index is 0.0261. The van der Waals surface area contributed by atoms with Crippen LogP contribution in [0.4, 0.5) is 13.2 Å². The van der Waals surface area contributed by atoms with E-state index in [2.05, 4.69) is 0 Å². The minimum Gasteiger partial charge on any atom is -0.378 e. The lowest BCUT2D eigenvalue weighted by molar-refractivity contribution is -0.165. The standard InChI is InChI=1S/C7H9F3O2/c1-2-12-5-3-4-6(11)7(8,9)10/h3-4H,2,5H2,1H3. The van der Waals surface area contributed by atoms with Crippen molar-refractivity contribution in [2.24, 2.45) is 0 Å². The van der Waals surface area contributed by atoms with E-state index in [4.69, 9.17) is 4.74 Å². The van der Waals surface area contributed by atoms with Gasteiger partial charge >= 0.3 is 6.18 Å². The molecule has 0 aliphatic heterocycles. The Kier molecular flexibility index (Phi) is 4.58. The zero-order chi connectivity index (χ0) is 9.61. The first-order chi connectivity index (χ1) is 5.48. The van der Waals surface area contributed by atoms with Gasteiger partial charge in [-0.25, -0.2) is 0 Å². The van der Waals surface area contributed by atoms with Crippen LogP contribution in [0.3, 0.4) is 0 Å². The van der Waals surface area contributed by atoms with Gasteiger partial charge in [-0.15, -0.1) is 0 Å². The molecule has 0 atom stereocenters. The van der Waals surface area contributed by atoms with Crippen LogP contribution in [-0.2, 0) is 9.53 Å². The molecule has 5 heteroatoms. The fraction of sp³-hybridized carbons (Fsp3) is 0.571. The molecule has 0 spiro atoms. The Morgan fingerprint density at radius 3 is 2.50 bits per heavy atom. The molecule has 0 aliphatic carbocycles. The third-order valence-corrected chi connectivity index (χ3v) is 0.967. The van der Waals surface area contributed by atoms with Gasteiger partial charge in [-0.2, -0.15) is 13.2 Å². The van der Waals surface area contributed by atoms with Gasteiger partial charge in [0.15, 0.2) is 0 Å². The maximum atomic E-state index is 11.5. The number of allylic oxidation sites excluding steroid dienone is 1. The molecule has 0 saturated carbocycles. The molecular weight excluding hydrogens is 173 g/mol. The van der Waals surface area contributed by atoms with Crippen molar-refractivity contribution in [2.75, 3.05) is 13.2 Å². The molecule has 0 N–H and O–H groups in total. The second-order valence-electron chi connectivity index (χ2n) is 1.92. The molecule has 0 radical (unpaired) electrons. The van der Waals surface area contributed by atoms with Crippen LogP contribution >= 0.6 is 0 Å². The lowest BCUT2D eigenvalue weighted by atomic mass is 10.3. The summed E-state index contributed by atoms with van der Waals surface area (Å²) in [6.45, 7) is 2.14. The van der Waals surface area contributed by atoms with Crippen molar-refractivity contribution in [3.05, 3.63) is 12.2 Å². The minimum atomic E-state index is -4.78. The third-order valence-electron chi connectivity index (χ3n) is 0.967. The van der Waals surface area contributed by atoms with Crippen LogP contribution < -0.4 is 0 Å². The second kappa shape index (κ2) is 4.92. The van der Waals surface area contributed by atoms with Crippen LogP contribution in [0.2, 0.25) is 0 Å². The zero-order valence-electron chi connectivity index (χ0n) is 6.52. The highest BCUT2D eigenvalue weighted by Gasteiger charge is 2.35. The summed E-state index contributed by atoms with van der Waals surface area (Å²) in [4.78, 5) is 10.2. The van der Waals surface area contributed by atoms with E-state index in [0.717, 1.165) is 6.08 Å². The molecule has 0 unspecified atom stereocenters. The van der Waals surface area contributed by atoms with E-state index in [0.29, 0.717) is 12.7 Å². The highest BCUT2D eigenvalue weighted by atomic mass is 19.4. The maximum Gasteiger partial charge on any atom is 0.454 e. The molecule has 0 heterocycles. The van der Waals surface area contributed by atoms with Crippen LogP contribution in [0.25, 0.3) is 0 Å². The predicted octanol–water partition coefficient (Wildman–Crippen LogP) is 1.71. The van der Waals surface area contributed by atoms with Gasteiger partial charge in [0.1, 0.15) is 0 Å². The van der Waals surface area contributed by atoms with Crippen LogP contribution in [0.15, 0.2) is 12.2 Å². The molecule has 0 amide bonds. The van der Waals surface area contributed by atoms with Crippen LogP contribution in [0.5, 0.6) is 0 Å². The Morgan fingerprint density at radius 2 is 2.08 bits per heavy atom. The average molecular weight is 182 g/mol. The fourth-order valence-corrected chi connectivity index (χ4v) is 0.436. The number of hydrogen-bond acceptors (Lipinski definition) is 2. The van der Waals surface area contributed by atoms with E-state index >= 15 is 0 Å². The lowest BCUT2D eigenvalue weighted by Crippen LogP contribution is -2.20. The topological polar surface area (TPSA) is 26.3 Å². The Labute approximate surface area is 68.0 Å². The Hall–Kier alpha value is -0.840. The van der Waals surface area contributed by atoms with Gasteiger partial charge in [-0.1, -0.05) is 6.08 Å². The van der Waals surface area contributed by atoms with Gasteiger partial charge in [0.2, 0.25) is 0 Å². The second-order valence-corrected chi connectivity index (χ2v) is 1.92. The largest absolute Gasteiger partial charge is 0.454 e. The van der Waals surface area contributed by atoms with E-state index in [9.17, 15) is 18.0 Å². The number of carbonyl (C=O) groups is 1. The molecule has 0 aromatic carbocycles. The Morgan fingerprint density at radius 1 is 1.50 bits per heavy atom. The van der Waals surface area contributed by atoms with Gasteiger partial charge in [-0.05, 0) is 13.0 Å². The van der Waals surface area contributed by atoms with E-state index in [1.54, 1.807) is 6.92 Å². The Balaban J connectivity index is 3.77. The summed E-state index contributed by atoms with van der Waals surface area (Å²) in [6, 6.07) is 0. The number of ether oxygens (including phenoxy) is 1. The van der Waals surface area contributed by atoms with E-state index in [1.165, 1.54) is 0 Å². The number of carbonyl (C=O) groups excluding carboxylic acids is 1. The number of halogens is 3. The van der Waals surface area contributed by atoms with Gasteiger partial charge in [-0.3, -0.25) is 4.79 Å². The third kappa shape index (κ3) is 4.90. The molecule has 0 aromatic rings. The van der Waals surface area contributed by atoms with Crippen molar-refractivity contribution < 1.29 is 22.7 Å². The first-order valence-corrected chi connectivity index (χ1v) is 3.34. The van der Waals surface area contributed by atoms with Gasteiger partial charge in [0, 0.05) is 6.61 Å². The number of alkyl halides is 3. The summed E-state index contributed by atoms with van der Waals surface area (Å²) in [5, 5.41) is 0. The Bertz CT molecular complexity index is 172. The average Bonchev–Trinajstić information content (AvgIpc) is 1.96. The summed E-state index contributed by atoms with van der Waals surface area (Å²) in [5.74, 6) is -1.86. The van der Waals surface area contributed by atoms with E-state index in [-0.39, 0.29) is 6.61 Å². The highest BCUT2D eigenvalue weighted by Crippen LogP contribution is 2.16. The zero-order valence-corrected chi connectivity index (χ0v) is 6.52. The van der Waals surface area contributed by atoms with E-state index in [1.807, 2.05) is 0 Å². The van der Waals surface area contributed by atoms with Crippen LogP contribution in [0, 0.1) is 0 Å². The maximum absolute atomic E-state index is 11.5. The summed E-state index contributed by atoms with van der Waals surface area (Å²) in [7, 11) is 0. The van der Waals surface area contributed by atoms with Gasteiger partial charge in [0.25, 0.3) is 5.78 Å². The predicted molar refractivity (Wildman–Crippen MR) is 36.7 cm³/mol. The summed E-state index contributed by atoms with van der Waals surface area (Å²) in [6.07, 6.45) is -3.27. The monoisotopic (exact) mass is 182 g/mol. The lowest BCUT2D eigenvalue weighted by Gasteiger charge is -1.99. The summed E-state index contributed by atoms with van der Waals surface area (Å²) in [5.41, 5.74) is 0. The summed E-state index contributed by atoms with van der Waals surface area (Å²) >= 11 is 0. The number of rotatable bonds is 4. The normalized spacial score (nSPS) is 12.3. The first-order valence-electron chi connectivity index (χ1n) is 3.34. The first kappa shape index (κ1) is 11.2. The van der Waals surface area contributed by atoms with Crippen molar-refractivity contribution in [1.29, 1.82) is 0 Å². The molecule has 70 valence electrons. The highest BCUT2D eigenvalue weighted by molar-refractivity contribution is 5.94. The van der Waals surface area contributed by atoms with Crippen molar-refractivity contribution in [3.63, 3.8) is 0 Å². The van der Waals surface area contributed by atoms with Crippen LogP contribution in [0.1, 0.15) is 6.92 Å². The van der Waals surface area contributed by atoms with Gasteiger partial charge < -0.3 is 4.74 Å². The number of ketones is 1. The van der Waals surface area contributed by atoms with Crippen molar-refractivity contribution >= 4 is 5.78 Å². The molecule has 0 saturated heterocycles. The quantitative estimate of drug-likeness (QED) is 0.488. The smallest absolute Gasteiger partial charge is 0.378 e. The molecular formula is C7H9F3O2. The van der Waals surface area contributed by atoms with E-state index < -0.39 is 12.0 Å². The molecule has 2 nitrogen and oxygen atoms in total. The molecule has 0 aliphatic rings. The van der Waals surface area contributed by atoms with Crippen molar-refractivity contribution in [3.8, 4) is 0 Å². The SMILES string of the molecule is CCOCC=CC(=O)C(F)(F)F.